The molecule has 1 aliphatic carbocycles. The van der Waals surface area contributed by atoms with Gasteiger partial charge in [0.25, 0.3) is 0 Å². The highest BCUT2D eigenvalue weighted by atomic mass is 16.5. The molecule has 3 N–H and O–H groups in total. The molecule has 36 heavy (non-hydrogen) atoms. The van der Waals surface area contributed by atoms with Crippen LogP contribution in [0.4, 0.5) is 4.79 Å². The number of esters is 1. The number of nitrogens with zero attached hydrogens (tertiary/aromatic N) is 1. The Balaban J connectivity index is 1.49. The van der Waals surface area contributed by atoms with E-state index in [1.54, 1.807) is 0 Å². The lowest BCUT2D eigenvalue weighted by molar-refractivity contribution is -0.144. The molecule has 0 saturated heterocycles. The zero-order valence-corrected chi connectivity index (χ0v) is 21.8. The molecule has 196 valence electrons. The molecule has 1 saturated carbocycles. The molecular weight excluding hydrogens is 454 g/mol. The summed E-state index contributed by atoms with van der Waals surface area (Å²) in [6.07, 6.45) is 4.98. The molecule has 0 radical (unpaired) electrons. The van der Waals surface area contributed by atoms with Gasteiger partial charge < -0.3 is 20.5 Å². The van der Waals surface area contributed by atoms with Gasteiger partial charge in [-0.2, -0.15) is 0 Å². The molecule has 2 aromatic carbocycles. The molecule has 0 bridgehead atoms. The number of carbonyl (C=O) groups excluding carboxylic acids is 2. The largest absolute Gasteiger partial charge is 0.465 e. The number of rotatable bonds is 11. The van der Waals surface area contributed by atoms with E-state index in [0.717, 1.165) is 49.8 Å². The van der Waals surface area contributed by atoms with Crippen molar-refractivity contribution in [2.24, 2.45) is 5.92 Å². The summed E-state index contributed by atoms with van der Waals surface area (Å²) >= 11 is 0. The number of urea groups is 1. The summed E-state index contributed by atoms with van der Waals surface area (Å²) < 4.78 is 5.01. The Labute approximate surface area is 215 Å². The minimum absolute atomic E-state index is 0.118. The molecule has 0 spiro atoms. The van der Waals surface area contributed by atoms with Crippen LogP contribution in [-0.2, 0) is 15.1 Å². The third-order valence-corrected chi connectivity index (χ3v) is 7.21. The number of hydrogen-bond donors (Lipinski definition) is 3. The average Bonchev–Trinajstić information content (AvgIpc) is 2.88. The van der Waals surface area contributed by atoms with Crippen molar-refractivity contribution in [3.05, 3.63) is 71.8 Å². The highest BCUT2D eigenvalue weighted by Crippen LogP contribution is 2.33. The number of aliphatic hydroxyl groups is 1. The quantitative estimate of drug-likeness (QED) is 0.409. The predicted molar refractivity (Wildman–Crippen MR) is 142 cm³/mol. The Morgan fingerprint density at radius 1 is 1.03 bits per heavy atom. The van der Waals surface area contributed by atoms with E-state index >= 15 is 0 Å². The first-order chi connectivity index (χ1) is 17.3. The molecule has 2 amide bonds. The number of nitrogens with one attached hydrogen (secondary N) is 2. The number of amides is 2. The van der Waals surface area contributed by atoms with E-state index in [1.807, 2.05) is 86.5 Å². The number of carbonyl (C=O) groups is 2. The van der Waals surface area contributed by atoms with Gasteiger partial charge in [0.05, 0.1) is 19.2 Å². The van der Waals surface area contributed by atoms with Crippen molar-refractivity contribution in [2.45, 2.75) is 63.6 Å². The molecule has 7 nitrogen and oxygen atoms in total. The maximum atomic E-state index is 12.9. The molecule has 0 unspecified atom stereocenters. The maximum Gasteiger partial charge on any atom is 0.320 e. The third kappa shape index (κ3) is 7.55. The molecule has 3 rings (SSSR count). The molecule has 0 aliphatic heterocycles. The Hall–Kier alpha value is -2.90. The summed E-state index contributed by atoms with van der Waals surface area (Å²) in [5.41, 5.74) is 0.113. The van der Waals surface area contributed by atoms with E-state index in [1.165, 1.54) is 0 Å². The first-order valence-corrected chi connectivity index (χ1v) is 13.1. The summed E-state index contributed by atoms with van der Waals surface area (Å²) in [6.45, 7) is 5.24. The van der Waals surface area contributed by atoms with Crippen molar-refractivity contribution in [2.75, 3.05) is 26.7 Å². The molecule has 7 heteroatoms. The van der Waals surface area contributed by atoms with Crippen molar-refractivity contribution < 1.29 is 19.4 Å². The lowest BCUT2D eigenvalue weighted by Crippen LogP contribution is -2.54. The van der Waals surface area contributed by atoms with Gasteiger partial charge >= 0.3 is 12.0 Å². The van der Waals surface area contributed by atoms with Crippen LogP contribution in [0.1, 0.15) is 57.1 Å². The third-order valence-electron chi connectivity index (χ3n) is 7.21. The van der Waals surface area contributed by atoms with Crippen LogP contribution in [0.3, 0.4) is 0 Å². The summed E-state index contributed by atoms with van der Waals surface area (Å²) in [7, 11) is 1.95. The maximum absolute atomic E-state index is 12.9. The van der Waals surface area contributed by atoms with Crippen molar-refractivity contribution in [3.8, 4) is 0 Å². The van der Waals surface area contributed by atoms with Gasteiger partial charge in [-0.15, -0.1) is 0 Å². The van der Waals surface area contributed by atoms with Gasteiger partial charge in [0, 0.05) is 6.04 Å². The Morgan fingerprint density at radius 3 is 2.11 bits per heavy atom. The fourth-order valence-corrected chi connectivity index (χ4v) is 5.08. The van der Waals surface area contributed by atoms with Crippen molar-refractivity contribution in [1.82, 2.24) is 15.5 Å². The Morgan fingerprint density at radius 2 is 1.58 bits per heavy atom. The molecular formula is C29H41N3O4. The first kappa shape index (κ1) is 27.7. The van der Waals surface area contributed by atoms with E-state index < -0.39 is 11.6 Å². The summed E-state index contributed by atoms with van der Waals surface area (Å²) in [4.78, 5) is 26.5. The fraction of sp³-hybridized carbons (Fsp3) is 0.517. The molecule has 1 atom stereocenters. The first-order valence-electron chi connectivity index (χ1n) is 13.1. The normalized spacial score (nSPS) is 18.9. The molecule has 1 fully saturated rings. The van der Waals surface area contributed by atoms with Crippen LogP contribution in [-0.4, -0.2) is 60.8 Å². The number of ether oxygens (including phenoxy) is 1. The van der Waals surface area contributed by atoms with Crippen LogP contribution in [0.5, 0.6) is 0 Å². The van der Waals surface area contributed by atoms with E-state index in [0.29, 0.717) is 19.1 Å². The van der Waals surface area contributed by atoms with E-state index in [4.69, 9.17) is 4.74 Å². The number of hydrogen-bond acceptors (Lipinski definition) is 5. The van der Waals surface area contributed by atoms with Gasteiger partial charge in [0.15, 0.2) is 0 Å². The monoisotopic (exact) mass is 495 g/mol. The zero-order chi connectivity index (χ0) is 26.0. The van der Waals surface area contributed by atoms with E-state index in [-0.39, 0.29) is 18.0 Å². The minimum Gasteiger partial charge on any atom is -0.465 e. The molecule has 0 heterocycles. The van der Waals surface area contributed by atoms with Crippen LogP contribution in [0.2, 0.25) is 0 Å². The van der Waals surface area contributed by atoms with Crippen LogP contribution < -0.4 is 10.6 Å². The lowest BCUT2D eigenvalue weighted by Gasteiger charge is -2.36. The summed E-state index contributed by atoms with van der Waals surface area (Å²) in [6, 6.07) is 18.2. The SMILES string of the molecule is CCOC(=O)CN(C)CC[C@H]1CC[C@H](NC(=O)N[C@@H](C)C(O)(c2ccccc2)c2ccccc2)CC1. The van der Waals surface area contributed by atoms with Crippen molar-refractivity contribution in [1.29, 1.82) is 0 Å². The van der Waals surface area contributed by atoms with E-state index in [9.17, 15) is 14.7 Å². The second kappa shape index (κ2) is 13.4. The van der Waals surface area contributed by atoms with Crippen LogP contribution in [0.25, 0.3) is 0 Å². The van der Waals surface area contributed by atoms with Crippen LogP contribution in [0, 0.1) is 5.92 Å². The second-order valence-electron chi connectivity index (χ2n) is 9.89. The smallest absolute Gasteiger partial charge is 0.320 e. The van der Waals surface area contributed by atoms with Crippen molar-refractivity contribution >= 4 is 12.0 Å². The second-order valence-corrected chi connectivity index (χ2v) is 9.89. The van der Waals surface area contributed by atoms with Gasteiger partial charge in [-0.25, -0.2) is 4.79 Å². The predicted octanol–water partition coefficient (Wildman–Crippen LogP) is 4.05. The highest BCUT2D eigenvalue weighted by Gasteiger charge is 2.38. The standard InChI is InChI=1S/C29H41N3O4/c1-4-36-27(33)21-32(3)20-19-23-15-17-26(18-16-23)31-28(34)30-22(2)29(35,24-11-7-5-8-12-24)25-13-9-6-10-14-25/h5-14,22-23,26,35H,4,15-21H2,1-3H3,(H2,30,31,34)/t22-,23-,26-/m0/s1. The van der Waals surface area contributed by atoms with Crippen LogP contribution >= 0.6 is 0 Å². The van der Waals surface area contributed by atoms with Crippen molar-refractivity contribution in [3.63, 3.8) is 0 Å². The lowest BCUT2D eigenvalue weighted by atomic mass is 9.81. The number of benzene rings is 2. The average molecular weight is 496 g/mol. The highest BCUT2D eigenvalue weighted by molar-refractivity contribution is 5.75. The number of likely N-dealkylation sites (N-methyl/N-ethyl adjacent to an activating group) is 1. The van der Waals surface area contributed by atoms with Gasteiger partial charge in [-0.1, -0.05) is 60.7 Å². The molecule has 0 aromatic heterocycles. The molecule has 2 aromatic rings. The Bertz CT molecular complexity index is 906. The van der Waals surface area contributed by atoms with Gasteiger partial charge in [-0.05, 0) is 76.6 Å². The fourth-order valence-electron chi connectivity index (χ4n) is 5.08. The molecule has 1 aliphatic rings. The van der Waals surface area contributed by atoms with Gasteiger partial charge in [0.2, 0.25) is 0 Å². The summed E-state index contributed by atoms with van der Waals surface area (Å²) in [5, 5.41) is 17.9. The van der Waals surface area contributed by atoms with Crippen LogP contribution in [0.15, 0.2) is 60.7 Å². The minimum atomic E-state index is -1.35. The van der Waals surface area contributed by atoms with Gasteiger partial charge in [-0.3, -0.25) is 9.69 Å². The topological polar surface area (TPSA) is 90.9 Å². The Kier molecular flexibility index (Phi) is 10.3. The van der Waals surface area contributed by atoms with Gasteiger partial charge in [0.1, 0.15) is 5.60 Å². The zero-order valence-electron chi connectivity index (χ0n) is 21.8. The summed E-state index contributed by atoms with van der Waals surface area (Å²) in [5.74, 6) is 0.413. The van der Waals surface area contributed by atoms with E-state index in [2.05, 4.69) is 10.6 Å².